The van der Waals surface area contributed by atoms with E-state index in [1.165, 1.54) is 0 Å². The second-order valence-corrected chi connectivity index (χ2v) is 4.73. The van der Waals surface area contributed by atoms with Gasteiger partial charge >= 0.3 is 0 Å². The van der Waals surface area contributed by atoms with E-state index < -0.39 is 0 Å². The third kappa shape index (κ3) is 3.36. The molecule has 0 unspecified atom stereocenters. The van der Waals surface area contributed by atoms with Gasteiger partial charge in [-0.15, -0.1) is 0 Å². The Kier molecular flexibility index (Phi) is 5.12. The fourth-order valence-corrected chi connectivity index (χ4v) is 2.19. The summed E-state index contributed by atoms with van der Waals surface area (Å²) in [5.74, 6) is 0.0334. The number of hydrogen-bond acceptors (Lipinski definition) is 3. The van der Waals surface area contributed by atoms with E-state index in [4.69, 9.17) is 0 Å². The average Bonchev–Trinajstić information content (AvgIpc) is 2.83. The molecule has 0 bridgehead atoms. The number of aryl methyl sites for hydroxylation is 1. The lowest BCUT2D eigenvalue weighted by molar-refractivity contribution is -0.120. The summed E-state index contributed by atoms with van der Waals surface area (Å²) in [5, 5.41) is 11.7. The van der Waals surface area contributed by atoms with Crippen molar-refractivity contribution in [3.63, 3.8) is 0 Å². The molecule has 20 heavy (non-hydrogen) atoms. The summed E-state index contributed by atoms with van der Waals surface area (Å²) in [5.41, 5.74) is 2.13. The lowest BCUT2D eigenvalue weighted by Crippen LogP contribution is -2.34. The number of carbonyl (C=O) groups excluding carboxylic acids is 1. The third-order valence-electron chi connectivity index (χ3n) is 3.18. The number of nitrogens with zero attached hydrogens (tertiary/aromatic N) is 2. The van der Waals surface area contributed by atoms with Crippen LogP contribution in [0, 0.1) is 0 Å². The largest absolute Gasteiger partial charge is 0.355 e. The minimum absolute atomic E-state index is 0.0334. The molecule has 1 amide bonds. The monoisotopic (exact) mass is 274 g/mol. The summed E-state index contributed by atoms with van der Waals surface area (Å²) in [7, 11) is 0. The molecule has 0 saturated carbocycles. The number of carbonyl (C=O) groups is 1. The van der Waals surface area contributed by atoms with Crippen molar-refractivity contribution >= 4 is 16.8 Å². The zero-order valence-electron chi connectivity index (χ0n) is 12.1. The molecule has 2 aromatic rings. The zero-order chi connectivity index (χ0) is 14.4. The molecule has 1 aromatic heterocycles. The Labute approximate surface area is 119 Å². The first kappa shape index (κ1) is 14.5. The molecule has 0 radical (unpaired) electrons. The maximum Gasteiger partial charge on any atom is 0.233 e. The molecule has 5 heteroatoms. The van der Waals surface area contributed by atoms with E-state index in [1.807, 2.05) is 23.7 Å². The van der Waals surface area contributed by atoms with E-state index in [0.717, 1.165) is 36.1 Å². The summed E-state index contributed by atoms with van der Waals surface area (Å²) in [6.07, 6.45) is 0.956. The molecule has 2 rings (SSSR count). The highest BCUT2D eigenvalue weighted by molar-refractivity contribution is 5.82. The first-order valence-electron chi connectivity index (χ1n) is 7.18. The molecule has 5 nitrogen and oxygen atoms in total. The number of benzene rings is 1. The fourth-order valence-electron chi connectivity index (χ4n) is 2.19. The van der Waals surface area contributed by atoms with Crippen LogP contribution in [-0.2, 0) is 17.9 Å². The van der Waals surface area contributed by atoms with Gasteiger partial charge in [-0.25, -0.2) is 0 Å². The Bertz CT molecular complexity index is 576. The molecule has 0 aliphatic rings. The minimum Gasteiger partial charge on any atom is -0.355 e. The van der Waals surface area contributed by atoms with Crippen LogP contribution in [0.15, 0.2) is 24.3 Å². The van der Waals surface area contributed by atoms with Crippen LogP contribution in [0.1, 0.15) is 26.0 Å². The van der Waals surface area contributed by atoms with E-state index in [2.05, 4.69) is 34.8 Å². The van der Waals surface area contributed by atoms with Gasteiger partial charge in [-0.05, 0) is 19.4 Å². The Hall–Kier alpha value is -1.88. The standard InChI is InChI=1S/C15H22N4O/c1-3-9-17-15(20)11-16-10-13-12-7-5-6-8-14(12)19(4-2)18-13/h5-8,16H,3-4,9-11H2,1-2H3,(H,17,20). The van der Waals surface area contributed by atoms with Crippen LogP contribution in [0.3, 0.4) is 0 Å². The Morgan fingerprint density at radius 3 is 2.85 bits per heavy atom. The van der Waals surface area contributed by atoms with Gasteiger partial charge in [0.15, 0.2) is 0 Å². The first-order chi connectivity index (χ1) is 9.76. The summed E-state index contributed by atoms with van der Waals surface area (Å²) in [6.45, 7) is 6.62. The molecule has 2 N–H and O–H groups in total. The quantitative estimate of drug-likeness (QED) is 0.807. The number of aromatic nitrogens is 2. The smallest absolute Gasteiger partial charge is 0.233 e. The molecule has 1 heterocycles. The van der Waals surface area contributed by atoms with Crippen molar-refractivity contribution in [1.82, 2.24) is 20.4 Å². The van der Waals surface area contributed by atoms with Crippen molar-refractivity contribution in [1.29, 1.82) is 0 Å². The van der Waals surface area contributed by atoms with Crippen molar-refractivity contribution in [2.45, 2.75) is 33.4 Å². The predicted molar refractivity (Wildman–Crippen MR) is 80.4 cm³/mol. The molecule has 0 aliphatic carbocycles. The van der Waals surface area contributed by atoms with E-state index >= 15 is 0 Å². The van der Waals surface area contributed by atoms with Crippen molar-refractivity contribution in [2.24, 2.45) is 0 Å². The number of hydrogen-bond donors (Lipinski definition) is 2. The summed E-state index contributed by atoms with van der Waals surface area (Å²) < 4.78 is 1.99. The number of amides is 1. The van der Waals surface area contributed by atoms with Gasteiger partial charge in [-0.2, -0.15) is 5.10 Å². The fraction of sp³-hybridized carbons (Fsp3) is 0.467. The van der Waals surface area contributed by atoms with E-state index in [9.17, 15) is 4.79 Å². The maximum absolute atomic E-state index is 11.5. The number of fused-ring (bicyclic) bond motifs is 1. The summed E-state index contributed by atoms with van der Waals surface area (Å²) >= 11 is 0. The molecular weight excluding hydrogens is 252 g/mol. The highest BCUT2D eigenvalue weighted by Gasteiger charge is 2.09. The predicted octanol–water partition coefficient (Wildman–Crippen LogP) is 1.67. The summed E-state index contributed by atoms with van der Waals surface area (Å²) in [6, 6.07) is 8.18. The van der Waals surface area contributed by atoms with Crippen molar-refractivity contribution < 1.29 is 4.79 Å². The lowest BCUT2D eigenvalue weighted by Gasteiger charge is -2.04. The van der Waals surface area contributed by atoms with Gasteiger partial charge in [-0.1, -0.05) is 25.1 Å². The van der Waals surface area contributed by atoms with Gasteiger partial charge in [-0.3, -0.25) is 9.48 Å². The van der Waals surface area contributed by atoms with Gasteiger partial charge in [0, 0.05) is 25.0 Å². The highest BCUT2D eigenvalue weighted by Crippen LogP contribution is 2.17. The van der Waals surface area contributed by atoms with Crippen LogP contribution in [-0.4, -0.2) is 28.8 Å². The number of rotatable bonds is 7. The highest BCUT2D eigenvalue weighted by atomic mass is 16.1. The summed E-state index contributed by atoms with van der Waals surface area (Å²) in [4.78, 5) is 11.5. The third-order valence-corrected chi connectivity index (χ3v) is 3.18. The van der Waals surface area contributed by atoms with E-state index in [1.54, 1.807) is 0 Å². The van der Waals surface area contributed by atoms with E-state index in [-0.39, 0.29) is 5.91 Å². The topological polar surface area (TPSA) is 59.0 Å². The zero-order valence-corrected chi connectivity index (χ0v) is 12.1. The SMILES string of the molecule is CCCNC(=O)CNCc1nn(CC)c2ccccc12. The molecule has 0 aliphatic heterocycles. The van der Waals surface area contributed by atoms with Crippen molar-refractivity contribution in [2.75, 3.05) is 13.1 Å². The van der Waals surface area contributed by atoms with Crippen molar-refractivity contribution in [3.8, 4) is 0 Å². The molecule has 0 fully saturated rings. The normalized spacial score (nSPS) is 10.9. The second kappa shape index (κ2) is 7.05. The number of nitrogens with one attached hydrogen (secondary N) is 2. The Balaban J connectivity index is 1.98. The average molecular weight is 274 g/mol. The Morgan fingerprint density at radius 2 is 2.10 bits per heavy atom. The first-order valence-corrected chi connectivity index (χ1v) is 7.18. The van der Waals surface area contributed by atoms with Gasteiger partial charge in [0.1, 0.15) is 0 Å². The lowest BCUT2D eigenvalue weighted by atomic mass is 10.2. The maximum atomic E-state index is 11.5. The van der Waals surface area contributed by atoms with Crippen LogP contribution >= 0.6 is 0 Å². The van der Waals surface area contributed by atoms with Crippen LogP contribution in [0.2, 0.25) is 0 Å². The molecule has 0 spiro atoms. The number of para-hydroxylation sites is 1. The van der Waals surface area contributed by atoms with E-state index in [0.29, 0.717) is 13.1 Å². The molecule has 1 aromatic carbocycles. The van der Waals surface area contributed by atoms with Crippen LogP contribution in [0.4, 0.5) is 0 Å². The molecule has 0 saturated heterocycles. The van der Waals surface area contributed by atoms with Crippen LogP contribution in [0.25, 0.3) is 10.9 Å². The van der Waals surface area contributed by atoms with Gasteiger partial charge in [0.25, 0.3) is 0 Å². The Morgan fingerprint density at radius 1 is 1.30 bits per heavy atom. The second-order valence-electron chi connectivity index (χ2n) is 4.73. The van der Waals surface area contributed by atoms with Gasteiger partial charge in [0.05, 0.1) is 17.8 Å². The molecule has 108 valence electrons. The minimum atomic E-state index is 0.0334. The van der Waals surface area contributed by atoms with Crippen LogP contribution < -0.4 is 10.6 Å². The molecule has 0 atom stereocenters. The van der Waals surface area contributed by atoms with Crippen molar-refractivity contribution in [3.05, 3.63) is 30.0 Å². The van der Waals surface area contributed by atoms with Gasteiger partial charge in [0.2, 0.25) is 5.91 Å². The van der Waals surface area contributed by atoms with Crippen LogP contribution in [0.5, 0.6) is 0 Å². The van der Waals surface area contributed by atoms with Gasteiger partial charge < -0.3 is 10.6 Å². The molecular formula is C15H22N4O.